The van der Waals surface area contributed by atoms with Gasteiger partial charge >= 0.3 is 0 Å². The summed E-state index contributed by atoms with van der Waals surface area (Å²) in [4.78, 5) is 33.1. The maximum absolute atomic E-state index is 13.8. The van der Waals surface area contributed by atoms with Gasteiger partial charge in [-0.1, -0.05) is 76.1 Å². The number of aliphatic hydroxyl groups is 1. The van der Waals surface area contributed by atoms with Gasteiger partial charge in [0.2, 0.25) is 10.9 Å². The molecule has 1 N–H and O–H groups in total. The van der Waals surface area contributed by atoms with Crippen molar-refractivity contribution in [1.29, 1.82) is 0 Å². The third-order valence-corrected chi connectivity index (χ3v) is 9.82. The highest BCUT2D eigenvalue weighted by Gasteiger charge is 2.48. The number of anilines is 1. The Morgan fingerprint density at radius 3 is 2.37 bits per heavy atom. The standard InChI is InChI=1S/C25H17Cl3N4O3S3/c1-11-22(37-12(2)29-11)20(33)18-19(17-15(27)4-3-5-16(17)28)32(23(35)21(18)34)24-30-31-25(38-24)36-10-13-6-8-14(26)9-7-13/h3-9,19,34H,10H2,1-2H3. The first-order valence-electron chi connectivity index (χ1n) is 11.1. The van der Waals surface area contributed by atoms with E-state index in [4.69, 9.17) is 34.8 Å². The number of thiazole rings is 1. The summed E-state index contributed by atoms with van der Waals surface area (Å²) in [6.45, 7) is 3.48. The highest BCUT2D eigenvalue weighted by molar-refractivity contribution is 8.00. The third kappa shape index (κ3) is 5.09. The zero-order valence-corrected chi connectivity index (χ0v) is 24.5. The van der Waals surface area contributed by atoms with Gasteiger partial charge in [0.25, 0.3) is 5.91 Å². The van der Waals surface area contributed by atoms with E-state index in [0.717, 1.165) is 16.9 Å². The van der Waals surface area contributed by atoms with E-state index in [1.165, 1.54) is 28.0 Å². The molecular formula is C25H17Cl3N4O3S3. The van der Waals surface area contributed by atoms with Crippen molar-refractivity contribution in [2.24, 2.45) is 0 Å². The second-order valence-corrected chi connectivity index (χ2v) is 12.9. The number of aryl methyl sites for hydroxylation is 2. The van der Waals surface area contributed by atoms with E-state index in [1.54, 1.807) is 32.0 Å². The number of halogens is 3. The maximum Gasteiger partial charge on any atom is 0.296 e. The van der Waals surface area contributed by atoms with Gasteiger partial charge in [-0.05, 0) is 43.7 Å². The second-order valence-electron chi connectivity index (χ2n) is 8.22. The summed E-state index contributed by atoms with van der Waals surface area (Å²) < 4.78 is 0.597. The summed E-state index contributed by atoms with van der Waals surface area (Å²) >= 11 is 22.8. The molecule has 3 heterocycles. The maximum atomic E-state index is 13.8. The number of nitrogens with zero attached hydrogens (tertiary/aromatic N) is 4. The van der Waals surface area contributed by atoms with E-state index in [9.17, 15) is 14.7 Å². The molecule has 0 spiro atoms. The second kappa shape index (κ2) is 11.0. The molecule has 2 aromatic heterocycles. The highest BCUT2D eigenvalue weighted by Crippen LogP contribution is 2.48. The van der Waals surface area contributed by atoms with Gasteiger partial charge in [0, 0.05) is 26.4 Å². The van der Waals surface area contributed by atoms with Crippen molar-refractivity contribution >= 4 is 86.1 Å². The molecule has 1 amide bonds. The molecule has 4 aromatic rings. The average molecular weight is 624 g/mol. The minimum atomic E-state index is -1.11. The largest absolute Gasteiger partial charge is 0.503 e. The lowest BCUT2D eigenvalue weighted by atomic mass is 9.95. The number of thioether (sulfide) groups is 1. The van der Waals surface area contributed by atoms with E-state index in [1.807, 2.05) is 24.3 Å². The summed E-state index contributed by atoms with van der Waals surface area (Å²) in [6.07, 6.45) is 0. The number of carbonyl (C=O) groups is 2. The molecule has 0 radical (unpaired) electrons. The molecule has 1 aliphatic heterocycles. The van der Waals surface area contributed by atoms with E-state index in [0.29, 0.717) is 36.3 Å². The van der Waals surface area contributed by atoms with Crippen molar-refractivity contribution in [1.82, 2.24) is 15.2 Å². The Hall–Kier alpha value is -2.47. The number of aromatic nitrogens is 3. The number of Topliss-reactive ketones (excluding diaryl/α,β-unsaturated/α-hetero) is 1. The summed E-state index contributed by atoms with van der Waals surface area (Å²) in [5.74, 6) is -1.40. The summed E-state index contributed by atoms with van der Waals surface area (Å²) in [6, 6.07) is 11.2. The lowest BCUT2D eigenvalue weighted by molar-refractivity contribution is -0.117. The molecule has 194 valence electrons. The Balaban J connectivity index is 1.54. The fourth-order valence-electron chi connectivity index (χ4n) is 4.03. The molecule has 0 saturated carbocycles. The van der Waals surface area contributed by atoms with Crippen LogP contribution >= 0.6 is 69.2 Å². The molecule has 13 heteroatoms. The summed E-state index contributed by atoms with van der Waals surface area (Å²) in [7, 11) is 0. The topological polar surface area (TPSA) is 96.3 Å². The van der Waals surface area contributed by atoms with E-state index in [-0.39, 0.29) is 20.7 Å². The van der Waals surface area contributed by atoms with E-state index >= 15 is 0 Å². The lowest BCUT2D eigenvalue weighted by Gasteiger charge is -2.25. The zero-order chi connectivity index (χ0) is 27.1. The Morgan fingerprint density at radius 2 is 1.74 bits per heavy atom. The van der Waals surface area contributed by atoms with Crippen LogP contribution in [0.25, 0.3) is 0 Å². The van der Waals surface area contributed by atoms with Crippen molar-refractivity contribution < 1.29 is 14.7 Å². The molecule has 38 heavy (non-hydrogen) atoms. The van der Waals surface area contributed by atoms with Gasteiger partial charge in [0.05, 0.1) is 21.2 Å². The lowest BCUT2D eigenvalue weighted by Crippen LogP contribution is -2.31. The molecule has 1 aliphatic rings. The van der Waals surface area contributed by atoms with Gasteiger partial charge in [0.1, 0.15) is 6.04 Å². The number of aliphatic hydroxyl groups excluding tert-OH is 1. The number of amides is 1. The Labute approximate surface area is 245 Å². The van der Waals surface area contributed by atoms with Crippen LogP contribution in [0, 0.1) is 13.8 Å². The zero-order valence-electron chi connectivity index (χ0n) is 19.7. The first-order valence-corrected chi connectivity index (χ1v) is 14.8. The number of benzene rings is 2. The predicted octanol–water partition coefficient (Wildman–Crippen LogP) is 7.65. The summed E-state index contributed by atoms with van der Waals surface area (Å²) in [5, 5.41) is 21.5. The van der Waals surface area contributed by atoms with E-state index in [2.05, 4.69) is 15.2 Å². The third-order valence-electron chi connectivity index (χ3n) is 5.71. The van der Waals surface area contributed by atoms with E-state index < -0.39 is 23.5 Å². The molecule has 0 bridgehead atoms. The monoisotopic (exact) mass is 622 g/mol. The van der Waals surface area contributed by atoms with Crippen LogP contribution in [-0.2, 0) is 10.5 Å². The van der Waals surface area contributed by atoms with Crippen molar-refractivity contribution in [3.63, 3.8) is 0 Å². The number of hydrogen-bond donors (Lipinski definition) is 1. The first kappa shape index (κ1) is 27.1. The van der Waals surface area contributed by atoms with Crippen LogP contribution in [0.3, 0.4) is 0 Å². The molecule has 0 saturated heterocycles. The first-order chi connectivity index (χ1) is 18.2. The van der Waals surface area contributed by atoms with Crippen LogP contribution in [0.5, 0.6) is 0 Å². The quantitative estimate of drug-likeness (QED) is 0.128. The predicted molar refractivity (Wildman–Crippen MR) is 153 cm³/mol. The van der Waals surface area contributed by atoms with Gasteiger partial charge in [-0.2, -0.15) is 0 Å². The fourth-order valence-corrected chi connectivity index (χ4v) is 7.46. The molecule has 1 atom stereocenters. The minimum absolute atomic E-state index is 0.137. The van der Waals surface area contributed by atoms with Gasteiger partial charge < -0.3 is 5.11 Å². The fraction of sp³-hybridized carbons (Fsp3) is 0.160. The molecule has 0 fully saturated rings. The van der Waals surface area contributed by atoms with Crippen LogP contribution < -0.4 is 4.90 Å². The molecule has 7 nitrogen and oxygen atoms in total. The van der Waals surface area contributed by atoms with Gasteiger partial charge in [-0.15, -0.1) is 21.5 Å². The van der Waals surface area contributed by atoms with Crippen LogP contribution in [0.4, 0.5) is 5.13 Å². The molecular weight excluding hydrogens is 607 g/mol. The van der Waals surface area contributed by atoms with Crippen molar-refractivity contribution in [3.05, 3.63) is 95.6 Å². The van der Waals surface area contributed by atoms with Crippen LogP contribution in [0.15, 0.2) is 58.1 Å². The number of rotatable bonds is 7. The Bertz CT molecular complexity index is 1580. The molecule has 1 unspecified atom stereocenters. The SMILES string of the molecule is Cc1nc(C)c(C(=O)C2=C(O)C(=O)N(c3nnc(SCc4ccc(Cl)cc4)s3)C2c2c(Cl)cccc2Cl)s1. The Morgan fingerprint density at radius 1 is 1.05 bits per heavy atom. The van der Waals surface area contributed by atoms with Crippen molar-refractivity contribution in [2.45, 2.75) is 30.0 Å². The minimum Gasteiger partial charge on any atom is -0.503 e. The number of hydrogen-bond acceptors (Lipinski definition) is 9. The van der Waals surface area contributed by atoms with Crippen LogP contribution in [0.2, 0.25) is 15.1 Å². The van der Waals surface area contributed by atoms with Crippen molar-refractivity contribution in [2.75, 3.05) is 4.90 Å². The normalized spacial score (nSPS) is 15.6. The highest BCUT2D eigenvalue weighted by atomic mass is 35.5. The van der Waals surface area contributed by atoms with Gasteiger partial charge in [-0.25, -0.2) is 4.98 Å². The molecule has 5 rings (SSSR count). The van der Waals surface area contributed by atoms with Crippen LogP contribution in [-0.4, -0.2) is 32.0 Å². The summed E-state index contributed by atoms with van der Waals surface area (Å²) in [5.41, 5.74) is 1.71. The molecule has 2 aromatic carbocycles. The smallest absolute Gasteiger partial charge is 0.296 e. The average Bonchev–Trinajstić information content (AvgIpc) is 3.54. The van der Waals surface area contributed by atoms with Gasteiger partial charge in [-0.3, -0.25) is 14.5 Å². The molecule has 0 aliphatic carbocycles. The van der Waals surface area contributed by atoms with Gasteiger partial charge in [0.15, 0.2) is 10.1 Å². The Kier molecular flexibility index (Phi) is 7.82. The van der Waals surface area contributed by atoms with Crippen molar-refractivity contribution in [3.8, 4) is 0 Å². The number of ketones is 1. The number of carbonyl (C=O) groups excluding carboxylic acids is 2. The van der Waals surface area contributed by atoms with Crippen LogP contribution in [0.1, 0.15) is 37.5 Å².